The number of hydrogen-bond donors (Lipinski definition) is 1. The average molecular weight is 307 g/mol. The van der Waals surface area contributed by atoms with E-state index in [2.05, 4.69) is 4.72 Å². The maximum Gasteiger partial charge on any atom is 0.232 e. The number of rotatable bonds is 5. The van der Waals surface area contributed by atoms with Gasteiger partial charge in [-0.1, -0.05) is 0 Å². The minimum Gasteiger partial charge on any atom is -0.466 e. The summed E-state index contributed by atoms with van der Waals surface area (Å²) in [7, 11) is -3.31. The summed E-state index contributed by atoms with van der Waals surface area (Å²) in [5, 5.41) is 0. The number of carbonyl (C=O) groups excluding carboxylic acids is 1. The summed E-state index contributed by atoms with van der Waals surface area (Å²) in [5.74, 6) is 1.12. The Morgan fingerprint density at radius 1 is 1.19 bits per heavy atom. The number of sulfonamides is 1. The monoisotopic (exact) mass is 307 g/mol. The van der Waals surface area contributed by atoms with E-state index in [0.717, 1.165) is 0 Å². The van der Waals surface area contributed by atoms with Gasteiger partial charge in [0.15, 0.2) is 5.78 Å². The predicted octanol–water partition coefficient (Wildman–Crippen LogP) is 2.89. The van der Waals surface area contributed by atoms with E-state index in [4.69, 9.17) is 4.42 Å². The minimum absolute atomic E-state index is 0.00116. The smallest absolute Gasteiger partial charge is 0.232 e. The van der Waals surface area contributed by atoms with Crippen molar-refractivity contribution in [2.45, 2.75) is 20.8 Å². The summed E-state index contributed by atoms with van der Waals surface area (Å²) in [4.78, 5) is 12.3. The van der Waals surface area contributed by atoms with Crippen molar-refractivity contribution in [3.8, 4) is 0 Å². The van der Waals surface area contributed by atoms with Gasteiger partial charge in [-0.15, -0.1) is 0 Å². The fraction of sp³-hybridized carbons (Fsp3) is 0.267. The van der Waals surface area contributed by atoms with Crippen LogP contribution in [0.1, 0.15) is 34.4 Å². The number of hydrogen-bond acceptors (Lipinski definition) is 4. The van der Waals surface area contributed by atoms with Crippen molar-refractivity contribution in [2.24, 2.45) is 0 Å². The molecule has 112 valence electrons. The second-order valence-electron chi connectivity index (χ2n) is 4.74. The third-order valence-electron chi connectivity index (χ3n) is 3.09. The quantitative estimate of drug-likeness (QED) is 0.862. The molecule has 0 saturated heterocycles. The molecule has 5 nitrogen and oxygen atoms in total. The third kappa shape index (κ3) is 3.52. The molecule has 0 radical (unpaired) electrons. The number of carbonyl (C=O) groups is 1. The SMILES string of the molecule is CCS(=O)(=O)Nc1ccc(C(=O)c2cc(C)oc2C)cc1. The molecule has 0 bridgehead atoms. The van der Waals surface area contributed by atoms with Gasteiger partial charge in [0.05, 0.1) is 11.3 Å². The third-order valence-corrected chi connectivity index (χ3v) is 4.39. The van der Waals surface area contributed by atoms with Crippen molar-refractivity contribution in [1.29, 1.82) is 0 Å². The van der Waals surface area contributed by atoms with E-state index in [1.54, 1.807) is 51.1 Å². The van der Waals surface area contributed by atoms with Crippen molar-refractivity contribution in [3.05, 3.63) is 53.0 Å². The summed E-state index contributed by atoms with van der Waals surface area (Å²) < 4.78 is 30.7. The molecule has 1 aromatic carbocycles. The number of aryl methyl sites for hydroxylation is 2. The van der Waals surface area contributed by atoms with Gasteiger partial charge in [0, 0.05) is 11.3 Å². The van der Waals surface area contributed by atoms with Gasteiger partial charge >= 0.3 is 0 Å². The van der Waals surface area contributed by atoms with Crippen LogP contribution >= 0.6 is 0 Å². The number of ketones is 1. The highest BCUT2D eigenvalue weighted by Gasteiger charge is 2.15. The Balaban J connectivity index is 2.23. The van der Waals surface area contributed by atoms with Crippen LogP contribution in [0.4, 0.5) is 5.69 Å². The summed E-state index contributed by atoms with van der Waals surface area (Å²) >= 11 is 0. The molecule has 6 heteroatoms. The molecular formula is C15H17NO4S. The molecule has 0 fully saturated rings. The highest BCUT2D eigenvalue weighted by atomic mass is 32.2. The van der Waals surface area contributed by atoms with Crippen LogP contribution in [-0.2, 0) is 10.0 Å². The van der Waals surface area contributed by atoms with Gasteiger partial charge in [-0.3, -0.25) is 9.52 Å². The highest BCUT2D eigenvalue weighted by molar-refractivity contribution is 7.92. The van der Waals surface area contributed by atoms with Crippen LogP contribution in [-0.4, -0.2) is 20.0 Å². The molecule has 0 aliphatic heterocycles. The zero-order valence-electron chi connectivity index (χ0n) is 12.1. The molecule has 1 heterocycles. The number of anilines is 1. The molecule has 2 rings (SSSR count). The van der Waals surface area contributed by atoms with Gasteiger partial charge in [-0.05, 0) is 51.1 Å². The van der Waals surface area contributed by atoms with Crippen LogP contribution in [0.2, 0.25) is 0 Å². The molecule has 2 aromatic rings. The lowest BCUT2D eigenvalue weighted by atomic mass is 10.0. The normalized spacial score (nSPS) is 11.4. The first-order valence-electron chi connectivity index (χ1n) is 6.54. The molecule has 21 heavy (non-hydrogen) atoms. The number of benzene rings is 1. The van der Waals surface area contributed by atoms with Gasteiger partial charge in [0.1, 0.15) is 11.5 Å². The fourth-order valence-corrected chi connectivity index (χ4v) is 2.59. The van der Waals surface area contributed by atoms with E-state index < -0.39 is 10.0 Å². The average Bonchev–Trinajstić information content (AvgIpc) is 2.77. The second kappa shape index (κ2) is 5.73. The Hall–Kier alpha value is -2.08. The van der Waals surface area contributed by atoms with E-state index in [0.29, 0.717) is 28.3 Å². The Morgan fingerprint density at radius 2 is 1.81 bits per heavy atom. The minimum atomic E-state index is -3.31. The summed E-state index contributed by atoms with van der Waals surface area (Å²) in [6.07, 6.45) is 0. The Labute approximate surface area is 124 Å². The van der Waals surface area contributed by atoms with E-state index in [-0.39, 0.29) is 11.5 Å². The molecule has 0 saturated carbocycles. The maximum atomic E-state index is 12.3. The Bertz CT molecular complexity index is 757. The molecule has 0 amide bonds. The van der Waals surface area contributed by atoms with Crippen LogP contribution in [0, 0.1) is 13.8 Å². The van der Waals surface area contributed by atoms with Crippen LogP contribution in [0.3, 0.4) is 0 Å². The molecule has 0 aliphatic carbocycles. The van der Waals surface area contributed by atoms with Gasteiger partial charge in [-0.2, -0.15) is 0 Å². The lowest BCUT2D eigenvalue weighted by Crippen LogP contribution is -2.14. The van der Waals surface area contributed by atoms with Crippen LogP contribution in [0.15, 0.2) is 34.7 Å². The van der Waals surface area contributed by atoms with Crippen molar-refractivity contribution in [1.82, 2.24) is 0 Å². The van der Waals surface area contributed by atoms with Crippen LogP contribution in [0.25, 0.3) is 0 Å². The van der Waals surface area contributed by atoms with Gasteiger partial charge in [0.2, 0.25) is 10.0 Å². The summed E-state index contributed by atoms with van der Waals surface area (Å²) in [6.45, 7) is 5.08. The zero-order valence-corrected chi connectivity index (χ0v) is 13.0. The van der Waals surface area contributed by atoms with Gasteiger partial charge < -0.3 is 4.42 Å². The molecule has 0 aliphatic rings. The van der Waals surface area contributed by atoms with E-state index in [9.17, 15) is 13.2 Å². The van der Waals surface area contributed by atoms with Crippen molar-refractivity contribution in [3.63, 3.8) is 0 Å². The van der Waals surface area contributed by atoms with E-state index in [1.807, 2.05) is 0 Å². The second-order valence-corrected chi connectivity index (χ2v) is 6.75. The maximum absolute atomic E-state index is 12.3. The molecule has 0 spiro atoms. The van der Waals surface area contributed by atoms with E-state index >= 15 is 0 Å². The lowest BCUT2D eigenvalue weighted by Gasteiger charge is -2.06. The van der Waals surface area contributed by atoms with E-state index in [1.165, 1.54) is 0 Å². The molecule has 0 atom stereocenters. The number of furan rings is 1. The predicted molar refractivity (Wildman–Crippen MR) is 81.1 cm³/mol. The molecule has 1 aromatic heterocycles. The van der Waals surface area contributed by atoms with Crippen molar-refractivity contribution < 1.29 is 17.6 Å². The Kier molecular flexibility index (Phi) is 4.18. The van der Waals surface area contributed by atoms with Crippen LogP contribution < -0.4 is 4.72 Å². The first-order chi connectivity index (χ1) is 9.82. The standard InChI is InChI=1S/C15H17NO4S/c1-4-21(18,19)16-13-7-5-12(6-8-13)15(17)14-9-10(2)20-11(14)3/h5-9,16H,4H2,1-3H3. The van der Waals surface area contributed by atoms with Gasteiger partial charge in [-0.25, -0.2) is 8.42 Å². The first kappa shape index (κ1) is 15.3. The molecule has 1 N–H and O–H groups in total. The zero-order chi connectivity index (χ0) is 15.6. The summed E-state index contributed by atoms with van der Waals surface area (Å²) in [5.41, 5.74) is 1.45. The largest absolute Gasteiger partial charge is 0.466 e. The van der Waals surface area contributed by atoms with Gasteiger partial charge in [0.25, 0.3) is 0 Å². The molecule has 0 unspecified atom stereocenters. The number of nitrogens with one attached hydrogen (secondary N) is 1. The first-order valence-corrected chi connectivity index (χ1v) is 8.20. The topological polar surface area (TPSA) is 76.4 Å². The highest BCUT2D eigenvalue weighted by Crippen LogP contribution is 2.19. The molecular weight excluding hydrogens is 290 g/mol. The fourth-order valence-electron chi connectivity index (χ4n) is 1.95. The summed E-state index contributed by atoms with van der Waals surface area (Å²) in [6, 6.07) is 8.03. The lowest BCUT2D eigenvalue weighted by molar-refractivity contribution is 0.103. The van der Waals surface area contributed by atoms with Crippen LogP contribution in [0.5, 0.6) is 0 Å². The Morgan fingerprint density at radius 3 is 2.29 bits per heavy atom. The van der Waals surface area contributed by atoms with Crippen molar-refractivity contribution in [2.75, 3.05) is 10.5 Å². The van der Waals surface area contributed by atoms with Crippen molar-refractivity contribution >= 4 is 21.5 Å².